The van der Waals surface area contributed by atoms with Crippen LogP contribution >= 0.6 is 11.8 Å². The summed E-state index contributed by atoms with van der Waals surface area (Å²) in [6, 6.07) is 5.83. The van der Waals surface area contributed by atoms with E-state index < -0.39 is 0 Å². The van der Waals surface area contributed by atoms with E-state index in [1.807, 2.05) is 30.0 Å². The van der Waals surface area contributed by atoms with Gasteiger partial charge in [0.25, 0.3) is 0 Å². The van der Waals surface area contributed by atoms with Crippen LogP contribution in [-0.4, -0.2) is 34.6 Å². The van der Waals surface area contributed by atoms with E-state index in [9.17, 15) is 0 Å². The molecule has 0 atom stereocenters. The fourth-order valence-corrected chi connectivity index (χ4v) is 2.99. The molecule has 2 heterocycles. The van der Waals surface area contributed by atoms with Gasteiger partial charge in [0.2, 0.25) is 0 Å². The molecule has 5 heteroatoms. The smallest absolute Gasteiger partial charge is 0.139 e. The maximum absolute atomic E-state index is 5.78. The van der Waals surface area contributed by atoms with Gasteiger partial charge in [-0.1, -0.05) is 0 Å². The molecule has 2 aromatic rings. The molecule has 1 aromatic heterocycles. The Morgan fingerprint density at radius 3 is 2.82 bits per heavy atom. The number of nitrogens with zero attached hydrogens (tertiary/aromatic N) is 3. The number of rotatable bonds is 1. The Balaban J connectivity index is 2.09. The number of fused-ring (bicyclic) bond motifs is 1. The van der Waals surface area contributed by atoms with Crippen molar-refractivity contribution < 1.29 is 0 Å². The van der Waals surface area contributed by atoms with Crippen molar-refractivity contribution in [1.82, 2.24) is 9.97 Å². The van der Waals surface area contributed by atoms with Gasteiger partial charge in [0.1, 0.15) is 12.1 Å². The monoisotopic (exact) mass is 246 g/mol. The average molecular weight is 246 g/mol. The minimum atomic E-state index is 0.747. The lowest BCUT2D eigenvalue weighted by Crippen LogP contribution is -2.33. The van der Waals surface area contributed by atoms with E-state index in [1.165, 1.54) is 11.5 Å². The van der Waals surface area contributed by atoms with Gasteiger partial charge >= 0.3 is 0 Å². The van der Waals surface area contributed by atoms with Crippen molar-refractivity contribution in [2.75, 3.05) is 35.2 Å². The summed E-state index contributed by atoms with van der Waals surface area (Å²) in [4.78, 5) is 11.0. The zero-order valence-electron chi connectivity index (χ0n) is 9.47. The van der Waals surface area contributed by atoms with Gasteiger partial charge in [0.05, 0.1) is 5.52 Å². The lowest BCUT2D eigenvalue weighted by atomic mass is 10.2. The molecule has 1 saturated heterocycles. The van der Waals surface area contributed by atoms with Crippen molar-refractivity contribution in [2.24, 2.45) is 0 Å². The first-order chi connectivity index (χ1) is 8.34. The van der Waals surface area contributed by atoms with Crippen molar-refractivity contribution in [3.8, 4) is 0 Å². The molecule has 0 aliphatic carbocycles. The zero-order chi connectivity index (χ0) is 11.7. The standard InChI is InChI=1S/C12H14N4S/c13-9-1-2-10-11(7-9)14-8-15-12(10)16-3-5-17-6-4-16/h1-2,7-8H,3-6,13H2. The normalized spacial score (nSPS) is 16.4. The van der Waals surface area contributed by atoms with Crippen LogP contribution in [0.15, 0.2) is 24.5 Å². The van der Waals surface area contributed by atoms with Gasteiger partial charge in [-0.2, -0.15) is 11.8 Å². The van der Waals surface area contributed by atoms with Crippen LogP contribution in [-0.2, 0) is 0 Å². The van der Waals surface area contributed by atoms with Crippen LogP contribution in [0.4, 0.5) is 11.5 Å². The molecule has 0 saturated carbocycles. The summed E-state index contributed by atoms with van der Waals surface area (Å²) in [6.45, 7) is 2.11. The number of thioether (sulfide) groups is 1. The Bertz CT molecular complexity index is 537. The van der Waals surface area contributed by atoms with Crippen LogP contribution in [0.1, 0.15) is 0 Å². The highest BCUT2D eigenvalue weighted by atomic mass is 32.2. The third-order valence-corrected chi connectivity index (χ3v) is 3.89. The van der Waals surface area contributed by atoms with E-state index in [1.54, 1.807) is 6.33 Å². The van der Waals surface area contributed by atoms with Gasteiger partial charge in [-0.05, 0) is 18.2 Å². The second-order valence-electron chi connectivity index (χ2n) is 4.07. The number of nitrogen functional groups attached to an aromatic ring is 1. The fourth-order valence-electron chi connectivity index (χ4n) is 2.09. The second kappa shape index (κ2) is 4.41. The molecule has 1 aliphatic rings. The van der Waals surface area contributed by atoms with Gasteiger partial charge < -0.3 is 10.6 Å². The number of benzene rings is 1. The molecule has 0 amide bonds. The molecule has 17 heavy (non-hydrogen) atoms. The number of hydrogen-bond acceptors (Lipinski definition) is 5. The molecule has 0 bridgehead atoms. The number of hydrogen-bond donors (Lipinski definition) is 1. The van der Waals surface area contributed by atoms with Crippen LogP contribution in [0.5, 0.6) is 0 Å². The number of anilines is 2. The van der Waals surface area contributed by atoms with Crippen molar-refractivity contribution in [3.63, 3.8) is 0 Å². The largest absolute Gasteiger partial charge is 0.399 e. The first kappa shape index (κ1) is 10.7. The summed E-state index contributed by atoms with van der Waals surface area (Å²) in [5.74, 6) is 3.37. The van der Waals surface area contributed by atoms with Gasteiger partial charge in [-0.25, -0.2) is 9.97 Å². The Morgan fingerprint density at radius 1 is 1.18 bits per heavy atom. The maximum atomic E-state index is 5.78. The summed E-state index contributed by atoms with van der Waals surface area (Å²) in [5, 5.41) is 1.09. The predicted octanol–water partition coefficient (Wildman–Crippen LogP) is 1.77. The van der Waals surface area contributed by atoms with Gasteiger partial charge in [0.15, 0.2) is 0 Å². The van der Waals surface area contributed by atoms with Crippen molar-refractivity contribution in [1.29, 1.82) is 0 Å². The summed E-state index contributed by atoms with van der Waals surface area (Å²) >= 11 is 2.00. The van der Waals surface area contributed by atoms with Gasteiger partial charge in [-0.15, -0.1) is 0 Å². The third-order valence-electron chi connectivity index (χ3n) is 2.95. The minimum Gasteiger partial charge on any atom is -0.399 e. The molecule has 1 aliphatic heterocycles. The summed E-state index contributed by atoms with van der Waals surface area (Å²) in [7, 11) is 0. The highest BCUT2D eigenvalue weighted by Gasteiger charge is 2.15. The molecule has 0 unspecified atom stereocenters. The maximum Gasteiger partial charge on any atom is 0.139 e. The fraction of sp³-hybridized carbons (Fsp3) is 0.333. The number of nitrogens with two attached hydrogens (primary N) is 1. The van der Waals surface area contributed by atoms with Crippen LogP contribution in [0.25, 0.3) is 10.9 Å². The van der Waals surface area contributed by atoms with E-state index in [2.05, 4.69) is 14.9 Å². The molecule has 0 radical (unpaired) electrons. The molecule has 0 spiro atoms. The Morgan fingerprint density at radius 2 is 2.00 bits per heavy atom. The summed E-state index contributed by atoms with van der Waals surface area (Å²) < 4.78 is 0. The molecular formula is C12H14N4S. The van der Waals surface area contributed by atoms with E-state index >= 15 is 0 Å². The van der Waals surface area contributed by atoms with Crippen LogP contribution in [0.3, 0.4) is 0 Å². The van der Waals surface area contributed by atoms with E-state index in [-0.39, 0.29) is 0 Å². The lowest BCUT2D eigenvalue weighted by molar-refractivity contribution is 0.842. The third kappa shape index (κ3) is 2.02. The van der Waals surface area contributed by atoms with E-state index in [0.29, 0.717) is 0 Å². The Hall–Kier alpha value is -1.49. The Kier molecular flexibility index (Phi) is 2.76. The zero-order valence-corrected chi connectivity index (χ0v) is 10.3. The predicted molar refractivity (Wildman–Crippen MR) is 73.5 cm³/mol. The molecule has 4 nitrogen and oxygen atoms in total. The molecule has 88 valence electrons. The molecule has 3 rings (SSSR count). The van der Waals surface area contributed by atoms with E-state index in [0.717, 1.165) is 35.5 Å². The van der Waals surface area contributed by atoms with Gasteiger partial charge in [-0.3, -0.25) is 0 Å². The lowest BCUT2D eigenvalue weighted by Gasteiger charge is -2.28. The van der Waals surface area contributed by atoms with Crippen molar-refractivity contribution >= 4 is 34.2 Å². The molecule has 1 fully saturated rings. The first-order valence-corrected chi connectivity index (χ1v) is 6.83. The minimum absolute atomic E-state index is 0.747. The van der Waals surface area contributed by atoms with E-state index in [4.69, 9.17) is 5.73 Å². The Labute approximate surface area is 104 Å². The molecule has 1 aromatic carbocycles. The van der Waals surface area contributed by atoms with Crippen LogP contribution < -0.4 is 10.6 Å². The van der Waals surface area contributed by atoms with Crippen molar-refractivity contribution in [2.45, 2.75) is 0 Å². The topological polar surface area (TPSA) is 55.0 Å². The highest BCUT2D eigenvalue weighted by molar-refractivity contribution is 7.99. The second-order valence-corrected chi connectivity index (χ2v) is 5.30. The van der Waals surface area contributed by atoms with Crippen LogP contribution in [0.2, 0.25) is 0 Å². The molecular weight excluding hydrogens is 232 g/mol. The summed E-state index contributed by atoms with van der Waals surface area (Å²) in [5.41, 5.74) is 7.45. The summed E-state index contributed by atoms with van der Waals surface area (Å²) in [6.07, 6.45) is 1.62. The average Bonchev–Trinajstić information content (AvgIpc) is 2.39. The SMILES string of the molecule is Nc1ccc2c(N3CCSCC3)ncnc2c1. The van der Waals surface area contributed by atoms with Crippen molar-refractivity contribution in [3.05, 3.63) is 24.5 Å². The van der Waals surface area contributed by atoms with Gasteiger partial charge in [0, 0.05) is 35.7 Å². The first-order valence-electron chi connectivity index (χ1n) is 5.67. The number of aromatic nitrogens is 2. The molecule has 2 N–H and O–H groups in total. The highest BCUT2D eigenvalue weighted by Crippen LogP contribution is 2.26. The van der Waals surface area contributed by atoms with Crippen LogP contribution in [0, 0.1) is 0 Å². The quantitative estimate of drug-likeness (QED) is 0.777.